The van der Waals surface area contributed by atoms with Crippen LogP contribution in [0.3, 0.4) is 0 Å². The van der Waals surface area contributed by atoms with E-state index in [2.05, 4.69) is 52.5 Å². The van der Waals surface area contributed by atoms with Crippen molar-refractivity contribution < 1.29 is 9.47 Å². The molecule has 0 saturated heterocycles. The summed E-state index contributed by atoms with van der Waals surface area (Å²) in [5.74, 6) is 3.03. The Bertz CT molecular complexity index is 915. The average molecular weight is 382 g/mol. The zero-order chi connectivity index (χ0) is 19.2. The van der Waals surface area contributed by atoms with Gasteiger partial charge in [0.25, 0.3) is 0 Å². The number of thioether (sulfide) groups is 1. The number of hydrogen-bond acceptors (Lipinski definition) is 5. The van der Waals surface area contributed by atoms with E-state index in [1.54, 1.807) is 26.0 Å². The maximum atomic E-state index is 5.38. The lowest BCUT2D eigenvalue weighted by molar-refractivity contribution is 0.394. The molecule has 0 amide bonds. The topological polar surface area (TPSA) is 49.2 Å². The second-order valence-electron chi connectivity index (χ2n) is 6.02. The van der Waals surface area contributed by atoms with E-state index in [4.69, 9.17) is 9.47 Å². The molecule has 2 aromatic carbocycles. The molecule has 3 rings (SSSR count). The molecule has 6 heteroatoms. The number of ether oxygens (including phenoxy) is 2. The van der Waals surface area contributed by atoms with Gasteiger partial charge in [-0.25, -0.2) is 0 Å². The summed E-state index contributed by atoms with van der Waals surface area (Å²) in [5.41, 5.74) is 3.46. The third-order valence-electron chi connectivity index (χ3n) is 4.26. The molecule has 140 valence electrons. The Morgan fingerprint density at radius 3 is 2.41 bits per heavy atom. The van der Waals surface area contributed by atoms with E-state index in [0.717, 1.165) is 22.3 Å². The molecule has 0 aliphatic rings. The fourth-order valence-corrected chi connectivity index (χ4v) is 3.78. The molecule has 0 fully saturated rings. The fraction of sp³-hybridized carbons (Fsp3) is 0.238. The van der Waals surface area contributed by atoms with E-state index >= 15 is 0 Å². The van der Waals surface area contributed by atoms with Crippen molar-refractivity contribution in [2.45, 2.75) is 24.4 Å². The van der Waals surface area contributed by atoms with Crippen LogP contribution in [0.4, 0.5) is 0 Å². The molecule has 27 heavy (non-hydrogen) atoms. The molecule has 0 aliphatic heterocycles. The molecular weight excluding hydrogens is 358 g/mol. The fourth-order valence-electron chi connectivity index (χ4n) is 2.75. The van der Waals surface area contributed by atoms with Crippen molar-refractivity contribution in [1.82, 2.24) is 14.8 Å². The Labute approximate surface area is 164 Å². The lowest BCUT2D eigenvalue weighted by Gasteiger charge is -2.11. The second-order valence-corrected chi connectivity index (χ2v) is 6.96. The van der Waals surface area contributed by atoms with Crippen LogP contribution in [0.2, 0.25) is 0 Å². The van der Waals surface area contributed by atoms with Crippen molar-refractivity contribution in [2.75, 3.05) is 14.2 Å². The number of methoxy groups -OCH3 is 2. The van der Waals surface area contributed by atoms with E-state index < -0.39 is 0 Å². The summed E-state index contributed by atoms with van der Waals surface area (Å²) in [4.78, 5) is 0. The van der Waals surface area contributed by atoms with Crippen LogP contribution in [0.1, 0.15) is 11.1 Å². The standard InChI is InChI=1S/C21H23N3O2S/c1-5-10-24-20(17-11-18(25-3)13-19(12-17)26-4)22-23-21(24)27-14-16-9-7-6-8-15(16)2/h5-9,11-13H,1,10,14H2,2-4H3. The molecule has 0 atom stereocenters. The molecular formula is C21H23N3O2S. The molecule has 5 nitrogen and oxygen atoms in total. The highest BCUT2D eigenvalue weighted by atomic mass is 32.2. The number of benzene rings is 2. The third kappa shape index (κ3) is 4.34. The minimum atomic E-state index is 0.623. The molecule has 0 unspecified atom stereocenters. The van der Waals surface area contributed by atoms with Gasteiger partial charge in [-0.2, -0.15) is 0 Å². The SMILES string of the molecule is C=CCn1c(SCc2ccccc2C)nnc1-c1cc(OC)cc(OC)c1. The van der Waals surface area contributed by atoms with Crippen molar-refractivity contribution in [3.63, 3.8) is 0 Å². The van der Waals surface area contributed by atoms with Crippen molar-refractivity contribution in [2.24, 2.45) is 0 Å². The van der Waals surface area contributed by atoms with E-state index in [-0.39, 0.29) is 0 Å². The monoisotopic (exact) mass is 381 g/mol. The van der Waals surface area contributed by atoms with E-state index in [1.807, 2.05) is 24.3 Å². The zero-order valence-electron chi connectivity index (χ0n) is 15.8. The van der Waals surface area contributed by atoms with Crippen LogP contribution in [0.15, 0.2) is 60.3 Å². The van der Waals surface area contributed by atoms with Crippen molar-refractivity contribution in [3.8, 4) is 22.9 Å². The Balaban J connectivity index is 1.94. The van der Waals surface area contributed by atoms with Gasteiger partial charge in [-0.15, -0.1) is 16.8 Å². The van der Waals surface area contributed by atoms with Crippen LogP contribution in [0.5, 0.6) is 11.5 Å². The summed E-state index contributed by atoms with van der Waals surface area (Å²) in [6, 6.07) is 14.1. The highest BCUT2D eigenvalue weighted by molar-refractivity contribution is 7.98. The number of hydrogen-bond donors (Lipinski definition) is 0. The van der Waals surface area contributed by atoms with Crippen molar-refractivity contribution in [1.29, 1.82) is 0 Å². The van der Waals surface area contributed by atoms with Gasteiger partial charge in [0.1, 0.15) is 11.5 Å². The maximum Gasteiger partial charge on any atom is 0.192 e. The Hall–Kier alpha value is -2.73. The van der Waals surface area contributed by atoms with Crippen LogP contribution in [-0.2, 0) is 12.3 Å². The van der Waals surface area contributed by atoms with Gasteiger partial charge in [-0.3, -0.25) is 4.57 Å². The first-order valence-electron chi connectivity index (χ1n) is 8.61. The molecule has 0 bridgehead atoms. The summed E-state index contributed by atoms with van der Waals surface area (Å²) in [6.07, 6.45) is 1.85. The number of allylic oxidation sites excluding steroid dienone is 1. The molecule has 1 heterocycles. The van der Waals surface area contributed by atoms with Crippen molar-refractivity contribution in [3.05, 3.63) is 66.2 Å². The summed E-state index contributed by atoms with van der Waals surface area (Å²) in [7, 11) is 3.27. The van der Waals surface area contributed by atoms with E-state index in [9.17, 15) is 0 Å². The summed E-state index contributed by atoms with van der Waals surface area (Å²) >= 11 is 1.67. The van der Waals surface area contributed by atoms with Gasteiger partial charge >= 0.3 is 0 Å². The van der Waals surface area contributed by atoms with Crippen LogP contribution in [0.25, 0.3) is 11.4 Å². The third-order valence-corrected chi connectivity index (χ3v) is 5.27. The van der Waals surface area contributed by atoms with E-state index in [0.29, 0.717) is 18.0 Å². The van der Waals surface area contributed by atoms with Gasteiger partial charge in [0.2, 0.25) is 0 Å². The van der Waals surface area contributed by atoms with Gasteiger partial charge in [-0.1, -0.05) is 42.1 Å². The molecule has 0 aliphatic carbocycles. The predicted octanol–water partition coefficient (Wildman–Crippen LogP) is 4.75. The van der Waals surface area contributed by atoms with Crippen LogP contribution in [-0.4, -0.2) is 29.0 Å². The normalized spacial score (nSPS) is 10.6. The van der Waals surface area contributed by atoms with Crippen molar-refractivity contribution >= 4 is 11.8 Å². The lowest BCUT2D eigenvalue weighted by Crippen LogP contribution is -2.01. The maximum absolute atomic E-state index is 5.38. The highest BCUT2D eigenvalue weighted by Gasteiger charge is 2.16. The minimum Gasteiger partial charge on any atom is -0.497 e. The van der Waals surface area contributed by atoms with Gasteiger partial charge in [0.05, 0.1) is 14.2 Å². The van der Waals surface area contributed by atoms with Gasteiger partial charge in [0.15, 0.2) is 11.0 Å². The largest absolute Gasteiger partial charge is 0.497 e. The van der Waals surface area contributed by atoms with Crippen LogP contribution in [0, 0.1) is 6.92 Å². The number of nitrogens with zero attached hydrogens (tertiary/aromatic N) is 3. The van der Waals surface area contributed by atoms with Gasteiger partial charge < -0.3 is 9.47 Å². The number of rotatable bonds is 8. The summed E-state index contributed by atoms with van der Waals surface area (Å²) in [5, 5.41) is 9.69. The number of aryl methyl sites for hydroxylation is 1. The first kappa shape index (κ1) is 19.0. The van der Waals surface area contributed by atoms with Crippen LogP contribution < -0.4 is 9.47 Å². The average Bonchev–Trinajstić information content (AvgIpc) is 3.10. The molecule has 0 N–H and O–H groups in total. The van der Waals surface area contributed by atoms with Crippen LogP contribution >= 0.6 is 11.8 Å². The first-order valence-corrected chi connectivity index (χ1v) is 9.59. The lowest BCUT2D eigenvalue weighted by atomic mass is 10.1. The zero-order valence-corrected chi connectivity index (χ0v) is 16.6. The quantitative estimate of drug-likeness (QED) is 0.416. The predicted molar refractivity (Wildman–Crippen MR) is 109 cm³/mol. The Kier molecular flexibility index (Phi) is 6.19. The van der Waals surface area contributed by atoms with Gasteiger partial charge in [-0.05, 0) is 30.2 Å². The summed E-state index contributed by atoms with van der Waals surface area (Å²) in [6.45, 7) is 6.62. The smallest absolute Gasteiger partial charge is 0.192 e. The Morgan fingerprint density at radius 2 is 1.78 bits per heavy atom. The molecule has 3 aromatic rings. The molecule has 0 spiro atoms. The molecule has 1 aromatic heterocycles. The molecule has 0 radical (unpaired) electrons. The minimum absolute atomic E-state index is 0.623. The van der Waals surface area contributed by atoms with E-state index in [1.165, 1.54) is 11.1 Å². The Morgan fingerprint density at radius 1 is 1.07 bits per heavy atom. The second kappa shape index (κ2) is 8.77. The summed E-state index contributed by atoms with van der Waals surface area (Å²) < 4.78 is 12.8. The van der Waals surface area contributed by atoms with Gasteiger partial charge in [0, 0.05) is 23.9 Å². The molecule has 0 saturated carbocycles. The highest BCUT2D eigenvalue weighted by Crippen LogP contribution is 2.32. The first-order chi connectivity index (χ1) is 13.2. The number of aromatic nitrogens is 3.